The second-order valence-electron chi connectivity index (χ2n) is 9.36. The number of methoxy groups -OCH3 is 1. The molecule has 1 amide bonds. The maximum atomic E-state index is 13.3. The third-order valence-electron chi connectivity index (χ3n) is 6.29. The summed E-state index contributed by atoms with van der Waals surface area (Å²) in [5.74, 6) is 0.111. The first-order chi connectivity index (χ1) is 16.6. The van der Waals surface area contributed by atoms with Crippen LogP contribution in [0.2, 0.25) is 0 Å². The number of benzene rings is 2. The number of rotatable bonds is 9. The van der Waals surface area contributed by atoms with Crippen LogP contribution in [0.15, 0.2) is 42.0 Å². The predicted molar refractivity (Wildman–Crippen MR) is 137 cm³/mol. The summed E-state index contributed by atoms with van der Waals surface area (Å²) in [6, 6.07) is 10.3. The standard InChI is InChI=1S/C28H36N2O5/c1-8-35-20-11-9-19(10-12-20)25-24(27(32)28(33)30(25)14-13-29(5)6)26(31)22-16-21(17(2)3)23(34-7)15-18(22)4/h9-12,15-17,25,31H,8,13-14H2,1-7H3/b26-24+. The Morgan fingerprint density at radius 1 is 1.14 bits per heavy atom. The Morgan fingerprint density at radius 2 is 1.80 bits per heavy atom. The first-order valence-electron chi connectivity index (χ1n) is 11.9. The number of nitrogens with zero attached hydrogens (tertiary/aromatic N) is 2. The van der Waals surface area contributed by atoms with Crippen LogP contribution in [0, 0.1) is 6.92 Å². The molecule has 1 saturated heterocycles. The molecular formula is C28H36N2O5. The van der Waals surface area contributed by atoms with Crippen molar-refractivity contribution < 1.29 is 24.2 Å². The molecule has 1 atom stereocenters. The van der Waals surface area contributed by atoms with Crippen LogP contribution in [-0.4, -0.2) is 67.5 Å². The highest BCUT2D eigenvalue weighted by molar-refractivity contribution is 6.46. The molecule has 7 nitrogen and oxygen atoms in total. The Hall–Kier alpha value is -3.32. The van der Waals surface area contributed by atoms with Crippen LogP contribution in [0.3, 0.4) is 0 Å². The summed E-state index contributed by atoms with van der Waals surface area (Å²) in [6.07, 6.45) is 0. The molecule has 0 radical (unpaired) electrons. The zero-order valence-electron chi connectivity index (χ0n) is 21.7. The molecular weight excluding hydrogens is 444 g/mol. The van der Waals surface area contributed by atoms with Gasteiger partial charge in [0.2, 0.25) is 0 Å². The highest BCUT2D eigenvalue weighted by Crippen LogP contribution is 2.41. The number of likely N-dealkylation sites (tertiary alicyclic amines) is 1. The van der Waals surface area contributed by atoms with Crippen molar-refractivity contribution in [3.63, 3.8) is 0 Å². The molecule has 188 valence electrons. The number of ether oxygens (including phenoxy) is 2. The van der Waals surface area contributed by atoms with Crippen molar-refractivity contribution in [2.24, 2.45) is 0 Å². The van der Waals surface area contributed by atoms with Crippen LogP contribution >= 0.6 is 0 Å². The van der Waals surface area contributed by atoms with Gasteiger partial charge >= 0.3 is 0 Å². The smallest absolute Gasteiger partial charge is 0.295 e. The molecule has 1 aliphatic rings. The van der Waals surface area contributed by atoms with E-state index in [0.717, 1.165) is 22.4 Å². The molecule has 1 aliphatic heterocycles. The largest absolute Gasteiger partial charge is 0.507 e. The van der Waals surface area contributed by atoms with Crippen molar-refractivity contribution in [1.29, 1.82) is 0 Å². The average Bonchev–Trinajstić information content (AvgIpc) is 3.07. The maximum absolute atomic E-state index is 13.3. The van der Waals surface area contributed by atoms with Crippen molar-refractivity contribution in [3.05, 3.63) is 64.2 Å². The fourth-order valence-electron chi connectivity index (χ4n) is 4.40. The third-order valence-corrected chi connectivity index (χ3v) is 6.29. The number of carbonyl (C=O) groups is 2. The van der Waals surface area contributed by atoms with Gasteiger partial charge in [0, 0.05) is 18.7 Å². The SMILES string of the molecule is CCOc1ccc(C2/C(=C(\O)c3cc(C(C)C)c(OC)cc3C)C(=O)C(=O)N2CCN(C)C)cc1. The Kier molecular flexibility index (Phi) is 8.22. The number of hydrogen-bond acceptors (Lipinski definition) is 6. The Bertz CT molecular complexity index is 1120. The van der Waals surface area contributed by atoms with E-state index in [1.165, 1.54) is 0 Å². The summed E-state index contributed by atoms with van der Waals surface area (Å²) >= 11 is 0. The van der Waals surface area contributed by atoms with Crippen LogP contribution in [0.25, 0.3) is 5.76 Å². The third kappa shape index (κ3) is 5.35. The molecule has 1 fully saturated rings. The van der Waals surface area contributed by atoms with Crippen molar-refractivity contribution in [2.75, 3.05) is 40.9 Å². The van der Waals surface area contributed by atoms with E-state index in [1.807, 2.05) is 83.1 Å². The normalized spacial score (nSPS) is 17.5. The van der Waals surface area contributed by atoms with Crippen LogP contribution in [0.5, 0.6) is 11.5 Å². The van der Waals surface area contributed by atoms with E-state index in [2.05, 4.69) is 0 Å². The van der Waals surface area contributed by atoms with Crippen molar-refractivity contribution in [1.82, 2.24) is 9.80 Å². The van der Waals surface area contributed by atoms with Gasteiger partial charge in [0.1, 0.15) is 17.3 Å². The number of aliphatic hydroxyl groups excluding tert-OH is 1. The summed E-state index contributed by atoms with van der Waals surface area (Å²) < 4.78 is 11.1. The fourth-order valence-corrected chi connectivity index (χ4v) is 4.40. The predicted octanol–water partition coefficient (Wildman–Crippen LogP) is 4.51. The molecule has 35 heavy (non-hydrogen) atoms. The van der Waals surface area contributed by atoms with E-state index in [1.54, 1.807) is 12.0 Å². The second-order valence-corrected chi connectivity index (χ2v) is 9.36. The molecule has 7 heteroatoms. The number of hydrogen-bond donors (Lipinski definition) is 1. The van der Waals surface area contributed by atoms with Gasteiger partial charge in [-0.05, 0) is 74.8 Å². The second kappa shape index (κ2) is 11.0. The number of ketones is 1. The van der Waals surface area contributed by atoms with E-state index in [4.69, 9.17) is 9.47 Å². The number of likely N-dealkylation sites (N-methyl/N-ethyl adjacent to an activating group) is 1. The number of Topliss-reactive ketones (excluding diaryl/α,β-unsaturated/α-hetero) is 1. The molecule has 0 bridgehead atoms. The van der Waals surface area contributed by atoms with Gasteiger partial charge in [-0.2, -0.15) is 0 Å². The number of aliphatic hydroxyl groups is 1. The van der Waals surface area contributed by atoms with Crippen LogP contribution in [-0.2, 0) is 9.59 Å². The quantitative estimate of drug-likeness (QED) is 0.323. The summed E-state index contributed by atoms with van der Waals surface area (Å²) in [4.78, 5) is 30.0. The van der Waals surface area contributed by atoms with Crippen molar-refractivity contribution >= 4 is 17.4 Å². The van der Waals surface area contributed by atoms with Gasteiger partial charge in [-0.25, -0.2) is 0 Å². The molecule has 0 aromatic heterocycles. The topological polar surface area (TPSA) is 79.3 Å². The van der Waals surface area contributed by atoms with Gasteiger partial charge in [0.25, 0.3) is 11.7 Å². The zero-order valence-corrected chi connectivity index (χ0v) is 21.7. The Balaban J connectivity index is 2.20. The number of amides is 1. The van der Waals surface area contributed by atoms with Crippen LogP contribution in [0.4, 0.5) is 0 Å². The summed E-state index contributed by atoms with van der Waals surface area (Å²) in [5, 5.41) is 11.5. The van der Waals surface area contributed by atoms with Gasteiger partial charge < -0.3 is 24.4 Å². The molecule has 0 aliphatic carbocycles. The molecule has 0 spiro atoms. The highest BCUT2D eigenvalue weighted by Gasteiger charge is 2.46. The van der Waals surface area contributed by atoms with Crippen LogP contribution < -0.4 is 9.47 Å². The van der Waals surface area contributed by atoms with Crippen molar-refractivity contribution in [3.8, 4) is 11.5 Å². The lowest BCUT2D eigenvalue weighted by atomic mass is 9.91. The molecule has 2 aromatic rings. The molecule has 3 rings (SSSR count). The van der Waals surface area contributed by atoms with E-state index in [-0.39, 0.29) is 17.3 Å². The lowest BCUT2D eigenvalue weighted by molar-refractivity contribution is -0.140. The summed E-state index contributed by atoms with van der Waals surface area (Å²) in [7, 11) is 5.44. The van der Waals surface area contributed by atoms with Crippen LogP contribution in [0.1, 0.15) is 55.0 Å². The zero-order chi connectivity index (χ0) is 25.9. The number of carbonyl (C=O) groups excluding carboxylic acids is 2. The minimum atomic E-state index is -0.699. The van der Waals surface area contributed by atoms with Crippen molar-refractivity contribution in [2.45, 2.75) is 39.7 Å². The van der Waals surface area contributed by atoms with Gasteiger partial charge in [0.15, 0.2) is 0 Å². The van der Waals surface area contributed by atoms with Gasteiger partial charge in [0.05, 0.1) is 25.3 Å². The van der Waals surface area contributed by atoms with E-state index >= 15 is 0 Å². The minimum Gasteiger partial charge on any atom is -0.507 e. The molecule has 0 saturated carbocycles. The minimum absolute atomic E-state index is 0.0980. The first kappa shape index (κ1) is 26.3. The maximum Gasteiger partial charge on any atom is 0.295 e. The Labute approximate surface area is 207 Å². The fraction of sp³-hybridized carbons (Fsp3) is 0.429. The van der Waals surface area contributed by atoms with Gasteiger partial charge in [-0.15, -0.1) is 0 Å². The molecule has 2 aromatic carbocycles. The van der Waals surface area contributed by atoms with E-state index < -0.39 is 17.7 Å². The first-order valence-corrected chi connectivity index (χ1v) is 11.9. The lowest BCUT2D eigenvalue weighted by Gasteiger charge is -2.27. The van der Waals surface area contributed by atoms with E-state index in [9.17, 15) is 14.7 Å². The van der Waals surface area contributed by atoms with E-state index in [0.29, 0.717) is 31.0 Å². The number of aryl methyl sites for hydroxylation is 1. The Morgan fingerprint density at radius 3 is 2.34 bits per heavy atom. The monoisotopic (exact) mass is 480 g/mol. The van der Waals surface area contributed by atoms with Gasteiger partial charge in [-0.1, -0.05) is 26.0 Å². The summed E-state index contributed by atoms with van der Waals surface area (Å²) in [6.45, 7) is 9.32. The van der Waals surface area contributed by atoms with Gasteiger partial charge in [-0.3, -0.25) is 9.59 Å². The molecule has 1 N–H and O–H groups in total. The molecule has 1 heterocycles. The lowest BCUT2D eigenvalue weighted by Crippen LogP contribution is -2.35. The summed E-state index contributed by atoms with van der Waals surface area (Å²) in [5.41, 5.74) is 3.04. The highest BCUT2D eigenvalue weighted by atomic mass is 16.5. The molecule has 1 unspecified atom stereocenters. The average molecular weight is 481 g/mol.